The van der Waals surface area contributed by atoms with Crippen LogP contribution in [0.15, 0.2) is 284 Å². The fraction of sp³-hybridized carbons (Fsp3) is 0.196. The van der Waals surface area contributed by atoms with Gasteiger partial charge in [0.2, 0.25) is 0 Å². The third-order valence-electron chi connectivity index (χ3n) is 23.9. The van der Waals surface area contributed by atoms with Crippen molar-refractivity contribution >= 4 is 127 Å². The molecule has 0 N–H and O–H groups in total. The van der Waals surface area contributed by atoms with Gasteiger partial charge in [0.15, 0.2) is 0 Å². The Labute approximate surface area is 630 Å². The molecule has 11 aromatic carbocycles. The molecule has 3 unspecified atom stereocenters. The van der Waals surface area contributed by atoms with E-state index in [-0.39, 0.29) is 18.0 Å². The first kappa shape index (κ1) is 65.2. The summed E-state index contributed by atoms with van der Waals surface area (Å²) < 4.78 is 15.5. The second-order valence-corrected chi connectivity index (χ2v) is 29.6. The predicted molar refractivity (Wildman–Crippen MR) is 454 cm³/mol. The number of hydrogen-bond donors (Lipinski definition) is 0. The topological polar surface area (TPSA) is 45.8 Å². The number of benzene rings is 11. The molecular formula is C97H89N11. The second-order valence-electron chi connectivity index (χ2n) is 29.6. The summed E-state index contributed by atoms with van der Waals surface area (Å²) in [4.78, 5) is 0. The summed E-state index contributed by atoms with van der Waals surface area (Å²) >= 11 is 0. The summed E-state index contributed by atoms with van der Waals surface area (Å²) in [6, 6.07) is 93.2. The Morgan fingerprint density at radius 1 is 0.306 bits per heavy atom. The van der Waals surface area contributed by atoms with Crippen molar-refractivity contribution < 1.29 is 0 Å². The molecule has 0 radical (unpaired) electrons. The molecular weight excluding hydrogens is 1320 g/mol. The molecule has 3 aliphatic rings. The lowest BCUT2D eigenvalue weighted by Gasteiger charge is -2.44. The first-order valence-electron chi connectivity index (χ1n) is 39.5. The Morgan fingerprint density at radius 3 is 1.04 bits per heavy atom. The highest BCUT2D eigenvalue weighted by Crippen LogP contribution is 2.55. The quantitative estimate of drug-likeness (QED) is 0.0712. The van der Waals surface area contributed by atoms with E-state index in [0.29, 0.717) is 0 Å². The molecule has 0 fully saturated rings. The highest BCUT2D eigenvalue weighted by Gasteiger charge is 2.42. The van der Waals surface area contributed by atoms with E-state index in [1.165, 1.54) is 105 Å². The van der Waals surface area contributed by atoms with Gasteiger partial charge in [-0.1, -0.05) is 250 Å². The molecule has 11 heteroatoms. The molecule has 0 spiro atoms. The molecule has 2 aliphatic carbocycles. The van der Waals surface area contributed by atoms with Gasteiger partial charge in [0.1, 0.15) is 0 Å². The third-order valence-corrected chi connectivity index (χ3v) is 23.9. The number of hydrogen-bond acceptors (Lipinski definition) is 5. The van der Waals surface area contributed by atoms with Crippen LogP contribution in [0.5, 0.6) is 0 Å². The van der Waals surface area contributed by atoms with Crippen LogP contribution in [0, 0.1) is 5.92 Å². The highest BCUT2D eigenvalue weighted by molar-refractivity contribution is 6.32. The number of anilines is 4. The lowest BCUT2D eigenvalue weighted by Crippen LogP contribution is -2.50. The molecule has 108 heavy (non-hydrogen) atoms. The maximum atomic E-state index is 2.75. The summed E-state index contributed by atoms with van der Waals surface area (Å²) in [7, 11) is 0. The first-order valence-corrected chi connectivity index (χ1v) is 39.5. The van der Waals surface area contributed by atoms with Crippen molar-refractivity contribution in [3.63, 3.8) is 0 Å². The van der Waals surface area contributed by atoms with Gasteiger partial charge in [-0.25, -0.2) is 23.4 Å². The van der Waals surface area contributed by atoms with Crippen LogP contribution in [0.3, 0.4) is 0 Å². The molecule has 20 rings (SSSR count). The van der Waals surface area contributed by atoms with Gasteiger partial charge in [0.05, 0.1) is 67.9 Å². The molecule has 6 aromatic heterocycles. The van der Waals surface area contributed by atoms with Crippen molar-refractivity contribution in [2.45, 2.75) is 119 Å². The molecule has 17 aromatic rings. The molecule has 0 amide bonds. The molecule has 0 saturated heterocycles. The van der Waals surface area contributed by atoms with E-state index in [1.54, 1.807) is 0 Å². The van der Waals surface area contributed by atoms with Crippen LogP contribution in [0.2, 0.25) is 0 Å². The minimum Gasteiger partial charge on any atom is -0.269 e. The number of aryl methyl sites for hydroxylation is 6. The van der Waals surface area contributed by atoms with Gasteiger partial charge in [0.25, 0.3) is 0 Å². The minimum absolute atomic E-state index is 0.0259. The van der Waals surface area contributed by atoms with Gasteiger partial charge in [-0.2, -0.15) is 15.4 Å². The minimum atomic E-state index is -0.195. The smallest absolute Gasteiger partial charge is 0.0979 e. The maximum Gasteiger partial charge on any atom is 0.0979 e. The number of rotatable bonds is 20. The van der Waals surface area contributed by atoms with Crippen molar-refractivity contribution in [1.82, 2.24) is 33.1 Å². The van der Waals surface area contributed by atoms with Crippen molar-refractivity contribution in [1.29, 1.82) is 0 Å². The largest absolute Gasteiger partial charge is 0.269 e. The Morgan fingerprint density at radius 2 is 0.639 bits per heavy atom. The summed E-state index contributed by atoms with van der Waals surface area (Å²) in [6.07, 6.45) is 20.9. The van der Waals surface area contributed by atoms with Crippen LogP contribution in [-0.4, -0.2) is 39.1 Å². The Hall–Kier alpha value is -12.3. The maximum absolute atomic E-state index is 2.75. The van der Waals surface area contributed by atoms with Gasteiger partial charge in [-0.3, -0.25) is 14.7 Å². The number of fused-ring (bicyclic) bond motifs is 8. The Kier molecular flexibility index (Phi) is 15.5. The van der Waals surface area contributed by atoms with Gasteiger partial charge < -0.3 is 0 Å². The second kappa shape index (κ2) is 25.7. The summed E-state index contributed by atoms with van der Waals surface area (Å²) in [5.41, 5.74) is 23.6. The number of aromatic nitrogens is 6. The first-order chi connectivity index (χ1) is 53.3. The molecule has 532 valence electrons. The van der Waals surface area contributed by atoms with Crippen LogP contribution >= 0.6 is 0 Å². The van der Waals surface area contributed by atoms with E-state index in [2.05, 4.69) is 388 Å². The van der Waals surface area contributed by atoms with E-state index in [0.717, 1.165) is 123 Å². The van der Waals surface area contributed by atoms with E-state index in [1.807, 2.05) is 0 Å². The molecule has 0 saturated carbocycles. The van der Waals surface area contributed by atoms with E-state index in [9.17, 15) is 0 Å². The van der Waals surface area contributed by atoms with Crippen LogP contribution in [0.25, 0.3) is 104 Å². The van der Waals surface area contributed by atoms with Gasteiger partial charge >= 0.3 is 0 Å². The van der Waals surface area contributed by atoms with Crippen LogP contribution in [0.1, 0.15) is 120 Å². The summed E-state index contributed by atoms with van der Waals surface area (Å²) in [6.45, 7) is 18.7. The molecule has 11 nitrogen and oxygen atoms in total. The third kappa shape index (κ3) is 9.58. The number of hydrazine groups is 1. The Balaban J connectivity index is 1.04. The monoisotopic (exact) mass is 1410 g/mol. The van der Waals surface area contributed by atoms with Crippen molar-refractivity contribution in [3.05, 3.63) is 330 Å². The highest BCUT2D eigenvalue weighted by atomic mass is 15.8. The standard InChI is InChI=1S/C97H89N11/c1-9-63-53-64-33-17-25-41-79(64)97(63)105(98-72(10-2)54-65-34-18-26-42-84(65)98)91-61-92(106(99-73(11-3)55-66-35-19-27-43-85(66)99)100-74(12-4)56-67-36-20-28-44-86(67)100)81-51-52-83-94(108(103-77(15-7)59-70-39-23-31-47-89(70)103)104-78(16-8)60-71-40-24-32-48-90(71)104)62-93(82-50-49-80(91)95(81)96(82)83)107(101-75(13-5)57-68-37-21-29-45-87(68)101)102-76(14-6)58-69-38-22-30-46-88(69)102/h17-62,70,89,97H,9-16H2,1-8H3. The zero-order valence-corrected chi connectivity index (χ0v) is 62.9. The Bertz CT molecular complexity index is 6420. The van der Waals surface area contributed by atoms with E-state index >= 15 is 0 Å². The normalized spacial score (nSPS) is 15.6. The predicted octanol–water partition coefficient (Wildman–Crippen LogP) is 23.9. The SMILES string of the molecule is CCC1=Cc2ccccc2C1N(c1cc(N(n2c(CC)cc3ccccc32)n2c(CC)cc3ccccc32)c2ccc3c(N(N4C(CC)=CC5C=CC=CC54)n4c(CC)cc5ccccc54)cc(N(n4c(CC)cc5ccccc54)n4c(CC)cc5ccccc54)c4ccc1c2c34)n1c(CC)cc2ccccc21. The van der Waals surface area contributed by atoms with Crippen molar-refractivity contribution in [2.75, 3.05) is 20.4 Å². The van der Waals surface area contributed by atoms with Crippen LogP contribution in [-0.2, 0) is 38.5 Å². The molecule has 7 heterocycles. The van der Waals surface area contributed by atoms with E-state index < -0.39 is 0 Å². The average molecular weight is 1410 g/mol. The van der Waals surface area contributed by atoms with Gasteiger partial charge in [-0.05, 0) is 153 Å². The zero-order valence-electron chi connectivity index (χ0n) is 62.9. The zero-order chi connectivity index (χ0) is 72.7. The number of para-hydroxylation sites is 6. The fourth-order valence-electron chi connectivity index (χ4n) is 19.0. The number of allylic oxidation sites excluding steroid dienone is 3. The summed E-state index contributed by atoms with van der Waals surface area (Å²) in [5.74, 6) is 0.144. The lowest BCUT2D eigenvalue weighted by atomic mass is 9.90. The summed E-state index contributed by atoms with van der Waals surface area (Å²) in [5, 5.41) is 27.4. The fourth-order valence-corrected chi connectivity index (χ4v) is 19.0. The van der Waals surface area contributed by atoms with Crippen molar-refractivity contribution in [2.24, 2.45) is 5.92 Å². The lowest BCUT2D eigenvalue weighted by molar-refractivity contribution is 0.242. The number of nitrogens with zero attached hydrogens (tertiary/aromatic N) is 11. The molecule has 1 aliphatic heterocycles. The van der Waals surface area contributed by atoms with Crippen molar-refractivity contribution in [3.8, 4) is 0 Å². The van der Waals surface area contributed by atoms with Crippen LogP contribution < -0.4 is 20.4 Å². The van der Waals surface area contributed by atoms with Gasteiger partial charge in [0, 0.05) is 110 Å². The average Bonchev–Trinajstić information content (AvgIpc) is 0.891. The van der Waals surface area contributed by atoms with E-state index in [4.69, 9.17) is 0 Å². The molecule has 3 atom stereocenters. The van der Waals surface area contributed by atoms with Gasteiger partial charge in [-0.15, -0.1) is 0 Å². The molecule has 0 bridgehead atoms. The van der Waals surface area contributed by atoms with Crippen LogP contribution in [0.4, 0.5) is 22.7 Å².